The van der Waals surface area contributed by atoms with Crippen molar-refractivity contribution in [3.8, 4) is 0 Å². The van der Waals surface area contributed by atoms with Crippen LogP contribution in [0.1, 0.15) is 12.8 Å². The quantitative estimate of drug-likeness (QED) is 0.740. The molecule has 0 aliphatic carbocycles. The molecule has 1 aliphatic rings. The predicted molar refractivity (Wildman–Crippen MR) is 84.8 cm³/mol. The molecule has 21 heavy (non-hydrogen) atoms. The average Bonchev–Trinajstić information content (AvgIpc) is 2.46. The lowest BCUT2D eigenvalue weighted by molar-refractivity contribution is -0.113. The fourth-order valence-electron chi connectivity index (χ4n) is 2.16. The first kappa shape index (κ1) is 16.3. The Hall–Kier alpha value is -1.09. The smallest absolute Gasteiger partial charge is 0.240 e. The summed E-state index contributed by atoms with van der Waals surface area (Å²) in [6, 6.07) is 6.14. The number of nitrogens with two attached hydrogens (primary N) is 1. The molecule has 0 atom stereocenters. The van der Waals surface area contributed by atoms with Gasteiger partial charge in [0, 0.05) is 5.25 Å². The molecule has 4 N–H and O–H groups in total. The third-order valence-electron chi connectivity index (χ3n) is 3.20. The van der Waals surface area contributed by atoms with Crippen molar-refractivity contribution in [1.82, 2.24) is 5.32 Å². The number of carbonyl (C=O) groups excluding carboxylic acids is 1. The number of sulfonamides is 1. The van der Waals surface area contributed by atoms with E-state index in [0.717, 1.165) is 25.9 Å². The summed E-state index contributed by atoms with van der Waals surface area (Å²) >= 11 is 1.61. The number of primary sulfonamides is 1. The fraction of sp³-hybridized carbons (Fsp3) is 0.462. The normalized spacial score (nSPS) is 16.6. The molecule has 1 amide bonds. The van der Waals surface area contributed by atoms with E-state index < -0.39 is 10.0 Å². The van der Waals surface area contributed by atoms with Crippen molar-refractivity contribution in [2.24, 2.45) is 5.14 Å². The van der Waals surface area contributed by atoms with Gasteiger partial charge in [0.2, 0.25) is 15.9 Å². The van der Waals surface area contributed by atoms with Crippen molar-refractivity contribution in [3.63, 3.8) is 0 Å². The molecule has 8 heteroatoms. The van der Waals surface area contributed by atoms with Gasteiger partial charge in [0.05, 0.1) is 11.4 Å². The molecule has 1 aromatic rings. The Kier molecular flexibility index (Phi) is 5.63. The van der Waals surface area contributed by atoms with Crippen LogP contribution < -0.4 is 15.8 Å². The minimum Gasteiger partial charge on any atom is -0.324 e. The molecule has 116 valence electrons. The number of amides is 1. The van der Waals surface area contributed by atoms with Gasteiger partial charge >= 0.3 is 0 Å². The van der Waals surface area contributed by atoms with E-state index in [1.54, 1.807) is 23.9 Å². The van der Waals surface area contributed by atoms with Crippen molar-refractivity contribution in [1.29, 1.82) is 0 Å². The van der Waals surface area contributed by atoms with E-state index in [4.69, 9.17) is 5.14 Å². The molecule has 0 radical (unpaired) electrons. The van der Waals surface area contributed by atoms with Crippen LogP contribution in [0, 0.1) is 0 Å². The Morgan fingerprint density at radius 3 is 2.67 bits per heavy atom. The SMILES string of the molecule is NS(=O)(=O)c1ccccc1NC(=O)CSC1CCNCC1. The van der Waals surface area contributed by atoms with Crippen LogP contribution in [0.3, 0.4) is 0 Å². The van der Waals surface area contributed by atoms with Crippen LogP contribution in [0.2, 0.25) is 0 Å². The standard InChI is InChI=1S/C13H19N3O3S2/c14-21(18,19)12-4-2-1-3-11(12)16-13(17)9-20-10-5-7-15-8-6-10/h1-4,10,15H,5-9H2,(H,16,17)(H2,14,18,19). The molecule has 0 bridgehead atoms. The van der Waals surface area contributed by atoms with E-state index in [0.29, 0.717) is 11.0 Å². The first-order valence-corrected chi connectivity index (χ1v) is 9.30. The van der Waals surface area contributed by atoms with Crippen molar-refractivity contribution < 1.29 is 13.2 Å². The minimum absolute atomic E-state index is 0.0646. The van der Waals surface area contributed by atoms with Gasteiger partial charge in [-0.25, -0.2) is 13.6 Å². The zero-order valence-corrected chi connectivity index (χ0v) is 13.2. The van der Waals surface area contributed by atoms with Gasteiger partial charge in [-0.3, -0.25) is 4.79 Å². The van der Waals surface area contributed by atoms with Crippen LogP contribution in [0.4, 0.5) is 5.69 Å². The van der Waals surface area contributed by atoms with Crippen LogP contribution in [0.15, 0.2) is 29.2 Å². The van der Waals surface area contributed by atoms with E-state index >= 15 is 0 Å². The van der Waals surface area contributed by atoms with Crippen LogP contribution in [0.25, 0.3) is 0 Å². The van der Waals surface area contributed by atoms with Crippen LogP contribution in [-0.2, 0) is 14.8 Å². The fourth-order valence-corrected chi connectivity index (χ4v) is 3.88. The second kappa shape index (κ2) is 7.26. The summed E-state index contributed by atoms with van der Waals surface area (Å²) in [5.74, 6) is 0.0958. The Morgan fingerprint density at radius 2 is 2.00 bits per heavy atom. The summed E-state index contributed by atoms with van der Waals surface area (Å²) < 4.78 is 22.9. The molecule has 0 spiro atoms. The van der Waals surface area contributed by atoms with Gasteiger partial charge in [0.25, 0.3) is 0 Å². The molecule has 6 nitrogen and oxygen atoms in total. The van der Waals surface area contributed by atoms with Gasteiger partial charge in [-0.05, 0) is 38.1 Å². The van der Waals surface area contributed by atoms with Crippen LogP contribution in [0.5, 0.6) is 0 Å². The summed E-state index contributed by atoms with van der Waals surface area (Å²) in [7, 11) is -3.84. The van der Waals surface area contributed by atoms with Crippen molar-refractivity contribution in [2.75, 3.05) is 24.2 Å². The number of carbonyl (C=O) groups is 1. The van der Waals surface area contributed by atoms with E-state index in [1.165, 1.54) is 12.1 Å². The number of nitrogens with one attached hydrogen (secondary N) is 2. The molecule has 1 aliphatic heterocycles. The number of thioether (sulfide) groups is 1. The molecular formula is C13H19N3O3S2. The highest BCUT2D eigenvalue weighted by Crippen LogP contribution is 2.22. The van der Waals surface area contributed by atoms with E-state index in [1.807, 2.05) is 0 Å². The molecule has 2 rings (SSSR count). The topological polar surface area (TPSA) is 101 Å². The maximum absolute atomic E-state index is 12.0. The lowest BCUT2D eigenvalue weighted by Gasteiger charge is -2.21. The van der Waals surface area contributed by atoms with Crippen molar-refractivity contribution in [3.05, 3.63) is 24.3 Å². The van der Waals surface area contributed by atoms with Gasteiger partial charge in [-0.15, -0.1) is 11.8 Å². The zero-order valence-electron chi connectivity index (χ0n) is 11.5. The van der Waals surface area contributed by atoms with Gasteiger partial charge in [-0.1, -0.05) is 12.1 Å². The monoisotopic (exact) mass is 329 g/mol. The van der Waals surface area contributed by atoms with Crippen molar-refractivity contribution >= 4 is 33.4 Å². The molecule has 1 saturated heterocycles. The van der Waals surface area contributed by atoms with Gasteiger partial charge < -0.3 is 10.6 Å². The minimum atomic E-state index is -3.84. The first-order valence-electron chi connectivity index (χ1n) is 6.71. The third kappa shape index (κ3) is 4.99. The number of hydrogen-bond acceptors (Lipinski definition) is 5. The number of rotatable bonds is 5. The van der Waals surface area contributed by atoms with E-state index in [-0.39, 0.29) is 16.5 Å². The zero-order chi connectivity index (χ0) is 15.3. The number of anilines is 1. The van der Waals surface area contributed by atoms with Gasteiger partial charge in [0.1, 0.15) is 4.90 Å². The molecule has 0 saturated carbocycles. The first-order chi connectivity index (χ1) is 9.97. The number of benzene rings is 1. The summed E-state index contributed by atoms with van der Waals surface area (Å²) in [5, 5.41) is 11.5. The van der Waals surface area contributed by atoms with Gasteiger partial charge in [-0.2, -0.15) is 0 Å². The maximum Gasteiger partial charge on any atom is 0.240 e. The molecule has 0 unspecified atom stereocenters. The highest BCUT2D eigenvalue weighted by molar-refractivity contribution is 8.00. The summed E-state index contributed by atoms with van der Waals surface area (Å²) in [6.45, 7) is 1.96. The largest absolute Gasteiger partial charge is 0.324 e. The second-order valence-corrected chi connectivity index (χ2v) is 7.67. The Bertz CT molecular complexity index is 598. The van der Waals surface area contributed by atoms with E-state index in [9.17, 15) is 13.2 Å². The summed E-state index contributed by atoms with van der Waals surface area (Å²) in [5.41, 5.74) is 0.232. The van der Waals surface area contributed by atoms with Crippen LogP contribution in [-0.4, -0.2) is 38.4 Å². The summed E-state index contributed by atoms with van der Waals surface area (Å²) in [4.78, 5) is 11.9. The summed E-state index contributed by atoms with van der Waals surface area (Å²) in [6.07, 6.45) is 2.09. The number of hydrogen-bond donors (Lipinski definition) is 3. The molecule has 1 heterocycles. The van der Waals surface area contributed by atoms with Crippen molar-refractivity contribution in [2.45, 2.75) is 23.0 Å². The lowest BCUT2D eigenvalue weighted by atomic mass is 10.2. The lowest BCUT2D eigenvalue weighted by Crippen LogP contribution is -2.30. The Labute approximate surface area is 128 Å². The molecule has 1 fully saturated rings. The molecule has 0 aromatic heterocycles. The van der Waals surface area contributed by atoms with Gasteiger partial charge in [0.15, 0.2) is 0 Å². The molecule has 1 aromatic carbocycles. The second-order valence-electron chi connectivity index (χ2n) is 4.85. The third-order valence-corrected chi connectivity index (χ3v) is 5.54. The number of para-hydroxylation sites is 1. The van der Waals surface area contributed by atoms with E-state index in [2.05, 4.69) is 10.6 Å². The Morgan fingerprint density at radius 1 is 1.33 bits per heavy atom. The number of piperidine rings is 1. The Balaban J connectivity index is 1.93. The predicted octanol–water partition coefficient (Wildman–Crippen LogP) is 0.758. The van der Waals surface area contributed by atoms with Crippen LogP contribution >= 0.6 is 11.8 Å². The molecular weight excluding hydrogens is 310 g/mol. The highest BCUT2D eigenvalue weighted by Gasteiger charge is 2.17. The maximum atomic E-state index is 12.0. The highest BCUT2D eigenvalue weighted by atomic mass is 32.2. The average molecular weight is 329 g/mol.